The van der Waals surface area contributed by atoms with Gasteiger partial charge < -0.3 is 24.8 Å². The Labute approximate surface area is 188 Å². The number of hydrogen-bond acceptors (Lipinski definition) is 6. The molecule has 0 saturated carbocycles. The van der Waals surface area contributed by atoms with Crippen molar-refractivity contribution < 1.29 is 24.2 Å². The van der Waals surface area contributed by atoms with E-state index in [9.17, 15) is 14.7 Å². The molecule has 0 spiro atoms. The molecule has 0 aliphatic carbocycles. The maximum Gasteiger partial charge on any atom is 0.330 e. The molecule has 2 aromatic carbocycles. The van der Waals surface area contributed by atoms with E-state index in [4.69, 9.17) is 9.47 Å². The van der Waals surface area contributed by atoms with E-state index in [1.165, 1.54) is 0 Å². The lowest BCUT2D eigenvalue weighted by atomic mass is 9.92. The van der Waals surface area contributed by atoms with Crippen LogP contribution in [0.4, 0.5) is 0 Å². The van der Waals surface area contributed by atoms with Crippen molar-refractivity contribution in [1.82, 2.24) is 10.2 Å². The van der Waals surface area contributed by atoms with Gasteiger partial charge in [-0.2, -0.15) is 0 Å². The summed E-state index contributed by atoms with van der Waals surface area (Å²) in [6, 6.07) is 9.58. The molecule has 2 aliphatic rings. The Morgan fingerprint density at radius 1 is 1.22 bits per heavy atom. The zero-order valence-electron chi connectivity index (χ0n) is 18.2. The molecule has 2 aliphatic heterocycles. The van der Waals surface area contributed by atoms with Crippen molar-refractivity contribution in [2.24, 2.45) is 0 Å². The van der Waals surface area contributed by atoms with Crippen LogP contribution in [0, 0.1) is 0 Å². The SMILES string of the molecule is C=CC(=O)OCCCCCOc1ccc2c3c(cccc13)C(=O)N(CC1CCCN1)C2O. The monoisotopic (exact) mass is 438 g/mol. The second-order valence-corrected chi connectivity index (χ2v) is 8.29. The van der Waals surface area contributed by atoms with Gasteiger partial charge in [-0.1, -0.05) is 24.8 Å². The fourth-order valence-electron chi connectivity index (χ4n) is 4.49. The van der Waals surface area contributed by atoms with Crippen LogP contribution >= 0.6 is 0 Å². The normalized spacial score (nSPS) is 19.9. The average Bonchev–Trinajstić information content (AvgIpc) is 3.33. The largest absolute Gasteiger partial charge is 0.493 e. The first-order chi connectivity index (χ1) is 15.6. The van der Waals surface area contributed by atoms with Crippen LogP contribution in [0.15, 0.2) is 43.0 Å². The van der Waals surface area contributed by atoms with Gasteiger partial charge in [0.05, 0.1) is 13.2 Å². The first kappa shape index (κ1) is 22.3. The highest BCUT2D eigenvalue weighted by Gasteiger charge is 2.35. The summed E-state index contributed by atoms with van der Waals surface area (Å²) in [4.78, 5) is 25.8. The number of unbranched alkanes of at least 4 members (excludes halogenated alkanes) is 2. The molecule has 0 radical (unpaired) electrons. The number of carbonyl (C=O) groups excluding carboxylic acids is 2. The Balaban J connectivity index is 1.43. The van der Waals surface area contributed by atoms with Gasteiger partial charge in [0.25, 0.3) is 5.91 Å². The molecule has 7 nitrogen and oxygen atoms in total. The van der Waals surface area contributed by atoms with Crippen LogP contribution < -0.4 is 10.1 Å². The Morgan fingerprint density at radius 2 is 2.06 bits per heavy atom. The van der Waals surface area contributed by atoms with E-state index in [0.29, 0.717) is 31.1 Å². The minimum Gasteiger partial charge on any atom is -0.493 e. The third kappa shape index (κ3) is 4.64. The third-order valence-corrected chi connectivity index (χ3v) is 6.13. The highest BCUT2D eigenvalue weighted by Crippen LogP contribution is 2.39. The molecule has 32 heavy (non-hydrogen) atoms. The Kier molecular flexibility index (Phi) is 7.07. The number of carbonyl (C=O) groups is 2. The molecule has 2 heterocycles. The van der Waals surface area contributed by atoms with Gasteiger partial charge in [-0.15, -0.1) is 0 Å². The first-order valence-electron chi connectivity index (χ1n) is 11.3. The molecule has 0 aromatic heterocycles. The number of aliphatic hydroxyl groups is 1. The second kappa shape index (κ2) is 10.1. The Bertz CT molecular complexity index is 999. The van der Waals surface area contributed by atoms with Crippen molar-refractivity contribution in [3.8, 4) is 5.75 Å². The molecule has 1 saturated heterocycles. The summed E-state index contributed by atoms with van der Waals surface area (Å²) in [6.45, 7) is 5.71. The molecule has 2 unspecified atom stereocenters. The van der Waals surface area contributed by atoms with Crippen molar-refractivity contribution in [2.75, 3.05) is 26.3 Å². The quantitative estimate of drug-likeness (QED) is 0.336. The number of ether oxygens (including phenoxy) is 2. The van der Waals surface area contributed by atoms with Crippen LogP contribution in [0.2, 0.25) is 0 Å². The van der Waals surface area contributed by atoms with Gasteiger partial charge >= 0.3 is 5.97 Å². The molecule has 7 heteroatoms. The number of esters is 1. The van der Waals surface area contributed by atoms with Crippen LogP contribution in [0.3, 0.4) is 0 Å². The van der Waals surface area contributed by atoms with E-state index in [1.807, 2.05) is 30.3 Å². The van der Waals surface area contributed by atoms with Gasteiger partial charge in [-0.05, 0) is 50.8 Å². The van der Waals surface area contributed by atoms with Crippen molar-refractivity contribution >= 4 is 22.6 Å². The molecule has 2 aromatic rings. The number of amides is 1. The third-order valence-electron chi connectivity index (χ3n) is 6.13. The second-order valence-electron chi connectivity index (χ2n) is 8.29. The van der Waals surface area contributed by atoms with E-state index in [2.05, 4.69) is 11.9 Å². The van der Waals surface area contributed by atoms with E-state index < -0.39 is 12.2 Å². The number of nitrogens with zero attached hydrogens (tertiary/aromatic N) is 1. The molecule has 1 amide bonds. The van der Waals surface area contributed by atoms with Crippen molar-refractivity contribution in [2.45, 2.75) is 44.4 Å². The van der Waals surface area contributed by atoms with Gasteiger partial charge in [0, 0.05) is 40.6 Å². The summed E-state index contributed by atoms with van der Waals surface area (Å²) in [5.74, 6) is 0.157. The van der Waals surface area contributed by atoms with Gasteiger partial charge in [0.15, 0.2) is 6.23 Å². The molecule has 1 fully saturated rings. The molecule has 0 bridgehead atoms. The summed E-state index contributed by atoms with van der Waals surface area (Å²) < 4.78 is 11.0. The van der Waals surface area contributed by atoms with Gasteiger partial charge in [0.2, 0.25) is 0 Å². The maximum absolute atomic E-state index is 13.2. The molecule has 2 N–H and O–H groups in total. The smallest absolute Gasteiger partial charge is 0.330 e. The molecule has 2 atom stereocenters. The van der Waals surface area contributed by atoms with Crippen LogP contribution in [-0.4, -0.2) is 54.2 Å². The lowest BCUT2D eigenvalue weighted by Gasteiger charge is -2.35. The fraction of sp³-hybridized carbons (Fsp3) is 0.440. The predicted molar refractivity (Wildman–Crippen MR) is 121 cm³/mol. The fourth-order valence-corrected chi connectivity index (χ4v) is 4.49. The van der Waals surface area contributed by atoms with E-state index in [1.54, 1.807) is 4.90 Å². The minimum atomic E-state index is -0.963. The Morgan fingerprint density at radius 3 is 2.84 bits per heavy atom. The highest BCUT2D eigenvalue weighted by atomic mass is 16.5. The predicted octanol–water partition coefficient (Wildman–Crippen LogP) is 3.32. The van der Waals surface area contributed by atoms with Gasteiger partial charge in [-0.3, -0.25) is 4.79 Å². The Hall–Kier alpha value is -2.90. The van der Waals surface area contributed by atoms with Crippen LogP contribution in [-0.2, 0) is 9.53 Å². The number of aliphatic hydroxyl groups excluding tert-OH is 1. The zero-order chi connectivity index (χ0) is 22.5. The minimum absolute atomic E-state index is 0.143. The number of benzene rings is 2. The van der Waals surface area contributed by atoms with Crippen molar-refractivity contribution in [1.29, 1.82) is 0 Å². The summed E-state index contributed by atoms with van der Waals surface area (Å²) >= 11 is 0. The van der Waals surface area contributed by atoms with E-state index in [-0.39, 0.29) is 11.9 Å². The highest BCUT2D eigenvalue weighted by molar-refractivity contribution is 6.11. The zero-order valence-corrected chi connectivity index (χ0v) is 18.2. The summed E-state index contributed by atoms with van der Waals surface area (Å²) in [7, 11) is 0. The number of rotatable bonds is 10. The summed E-state index contributed by atoms with van der Waals surface area (Å²) in [5.41, 5.74) is 1.35. The van der Waals surface area contributed by atoms with Crippen LogP contribution in [0.1, 0.15) is 54.3 Å². The number of hydrogen-bond donors (Lipinski definition) is 2. The molecule has 170 valence electrons. The molecular formula is C25H30N2O5. The van der Waals surface area contributed by atoms with Crippen molar-refractivity contribution in [3.05, 3.63) is 54.1 Å². The lowest BCUT2D eigenvalue weighted by Crippen LogP contribution is -2.45. The van der Waals surface area contributed by atoms with Crippen molar-refractivity contribution in [3.63, 3.8) is 0 Å². The maximum atomic E-state index is 13.2. The summed E-state index contributed by atoms with van der Waals surface area (Å²) in [6.07, 6.45) is 4.75. The van der Waals surface area contributed by atoms with Crippen LogP contribution in [0.25, 0.3) is 10.8 Å². The first-order valence-corrected chi connectivity index (χ1v) is 11.3. The van der Waals surface area contributed by atoms with E-state index in [0.717, 1.165) is 61.1 Å². The van der Waals surface area contributed by atoms with E-state index >= 15 is 0 Å². The summed E-state index contributed by atoms with van der Waals surface area (Å²) in [5, 5.41) is 16.0. The van der Waals surface area contributed by atoms with Crippen LogP contribution in [0.5, 0.6) is 5.75 Å². The van der Waals surface area contributed by atoms with Gasteiger partial charge in [0.1, 0.15) is 5.75 Å². The molecule has 4 rings (SSSR count). The number of nitrogens with one attached hydrogen (secondary N) is 1. The lowest BCUT2D eigenvalue weighted by molar-refractivity contribution is -0.137. The standard InChI is InChI=1S/C25H30N2O5/c1-2-22(28)32-15-5-3-4-14-31-21-12-11-20-23-18(21)9-6-10-19(23)24(29)27(25(20)30)16-17-8-7-13-26-17/h2,6,9-12,17,25-26,30H,1,3-5,7-8,13-16H2. The molecular weight excluding hydrogens is 408 g/mol. The van der Waals surface area contributed by atoms with Gasteiger partial charge in [-0.25, -0.2) is 4.79 Å². The topological polar surface area (TPSA) is 88.1 Å². The average molecular weight is 439 g/mol.